The lowest BCUT2D eigenvalue weighted by Gasteiger charge is -2.10. The van der Waals surface area contributed by atoms with E-state index in [1.165, 1.54) is 18.2 Å². The summed E-state index contributed by atoms with van der Waals surface area (Å²) < 4.78 is 19.7. The SMILES string of the molecule is O=C1NC(=O)/C(=C/c2cc(Br)ccc2OCc2cccc(F)c2)N1. The number of ether oxygens (including phenoxy) is 1. The van der Waals surface area contributed by atoms with E-state index in [-0.39, 0.29) is 18.1 Å². The summed E-state index contributed by atoms with van der Waals surface area (Å²) in [5.74, 6) is -0.334. The number of imide groups is 1. The second-order valence-corrected chi connectivity index (χ2v) is 5.98. The summed E-state index contributed by atoms with van der Waals surface area (Å²) >= 11 is 3.36. The van der Waals surface area contributed by atoms with Crippen LogP contribution in [0.2, 0.25) is 0 Å². The molecule has 1 aliphatic rings. The maximum Gasteiger partial charge on any atom is 0.326 e. The van der Waals surface area contributed by atoms with Gasteiger partial charge in [-0.25, -0.2) is 9.18 Å². The largest absolute Gasteiger partial charge is 0.488 e. The summed E-state index contributed by atoms with van der Waals surface area (Å²) in [5, 5.41) is 4.55. The minimum atomic E-state index is -0.566. The van der Waals surface area contributed by atoms with Crippen molar-refractivity contribution in [2.45, 2.75) is 6.61 Å². The fraction of sp³-hybridized carbons (Fsp3) is 0.0588. The highest BCUT2D eigenvalue weighted by molar-refractivity contribution is 9.10. The standard InChI is InChI=1S/C17H12BrFN2O3/c18-12-4-5-15(24-9-10-2-1-3-13(19)6-10)11(7-12)8-14-16(22)21-17(23)20-14/h1-8H,9H2,(H2,20,21,22,23)/b14-8-. The van der Waals surface area contributed by atoms with E-state index in [1.54, 1.807) is 30.3 Å². The highest BCUT2D eigenvalue weighted by Gasteiger charge is 2.23. The molecule has 0 aromatic heterocycles. The molecule has 2 aromatic carbocycles. The Labute approximate surface area is 145 Å². The quantitative estimate of drug-likeness (QED) is 0.621. The summed E-state index contributed by atoms with van der Waals surface area (Å²) in [5.41, 5.74) is 1.42. The molecular formula is C17H12BrFN2O3. The number of hydrogen-bond acceptors (Lipinski definition) is 3. The van der Waals surface area contributed by atoms with Crippen LogP contribution in [0.4, 0.5) is 9.18 Å². The maximum atomic E-state index is 13.2. The van der Waals surface area contributed by atoms with E-state index in [1.807, 2.05) is 0 Å². The van der Waals surface area contributed by atoms with Gasteiger partial charge in [-0.2, -0.15) is 0 Å². The number of rotatable bonds is 4. The molecule has 1 saturated heterocycles. The average Bonchev–Trinajstić information content (AvgIpc) is 2.84. The Balaban J connectivity index is 1.84. The second-order valence-electron chi connectivity index (χ2n) is 5.07. The van der Waals surface area contributed by atoms with Crippen LogP contribution in [-0.4, -0.2) is 11.9 Å². The lowest BCUT2D eigenvalue weighted by Crippen LogP contribution is -2.22. The van der Waals surface area contributed by atoms with Gasteiger partial charge < -0.3 is 10.1 Å². The van der Waals surface area contributed by atoms with Crippen molar-refractivity contribution in [3.8, 4) is 5.75 Å². The Kier molecular flexibility index (Phi) is 4.61. The molecule has 2 aromatic rings. The minimum absolute atomic E-state index is 0.133. The molecule has 24 heavy (non-hydrogen) atoms. The van der Waals surface area contributed by atoms with Gasteiger partial charge in [0.25, 0.3) is 5.91 Å². The number of nitrogens with one attached hydrogen (secondary N) is 2. The summed E-state index contributed by atoms with van der Waals surface area (Å²) in [7, 11) is 0. The predicted octanol–water partition coefficient (Wildman–Crippen LogP) is 3.35. The van der Waals surface area contributed by atoms with Crippen LogP contribution in [0.5, 0.6) is 5.75 Å². The number of benzene rings is 2. The Morgan fingerprint density at radius 1 is 1.12 bits per heavy atom. The zero-order chi connectivity index (χ0) is 17.1. The molecule has 0 spiro atoms. The van der Waals surface area contributed by atoms with Crippen molar-refractivity contribution in [2.24, 2.45) is 0 Å². The van der Waals surface area contributed by atoms with Crippen molar-refractivity contribution >= 4 is 33.9 Å². The Morgan fingerprint density at radius 2 is 1.96 bits per heavy atom. The average molecular weight is 391 g/mol. The van der Waals surface area contributed by atoms with Crippen molar-refractivity contribution in [3.63, 3.8) is 0 Å². The van der Waals surface area contributed by atoms with Gasteiger partial charge in [-0.1, -0.05) is 28.1 Å². The van der Waals surface area contributed by atoms with Crippen molar-refractivity contribution in [1.29, 1.82) is 0 Å². The van der Waals surface area contributed by atoms with E-state index in [0.29, 0.717) is 16.9 Å². The zero-order valence-electron chi connectivity index (χ0n) is 12.3. The third-order valence-electron chi connectivity index (χ3n) is 3.27. The monoisotopic (exact) mass is 390 g/mol. The molecule has 122 valence electrons. The van der Waals surface area contributed by atoms with Crippen molar-refractivity contribution in [1.82, 2.24) is 10.6 Å². The molecule has 0 unspecified atom stereocenters. The fourth-order valence-electron chi connectivity index (χ4n) is 2.19. The molecule has 1 heterocycles. The number of amides is 3. The van der Waals surface area contributed by atoms with Crippen molar-refractivity contribution in [2.75, 3.05) is 0 Å². The molecule has 0 atom stereocenters. The third-order valence-corrected chi connectivity index (χ3v) is 3.77. The highest BCUT2D eigenvalue weighted by Crippen LogP contribution is 2.26. The maximum absolute atomic E-state index is 13.2. The Morgan fingerprint density at radius 3 is 2.67 bits per heavy atom. The molecule has 7 heteroatoms. The first-order valence-electron chi connectivity index (χ1n) is 7.02. The van der Waals surface area contributed by atoms with Crippen molar-refractivity contribution < 1.29 is 18.7 Å². The van der Waals surface area contributed by atoms with Crippen LogP contribution < -0.4 is 15.4 Å². The molecule has 3 amide bonds. The van der Waals surface area contributed by atoms with Gasteiger partial charge in [0.2, 0.25) is 0 Å². The normalized spacial score (nSPS) is 15.3. The van der Waals surface area contributed by atoms with Crippen LogP contribution in [-0.2, 0) is 11.4 Å². The van der Waals surface area contributed by atoms with Gasteiger partial charge in [-0.15, -0.1) is 0 Å². The van der Waals surface area contributed by atoms with Gasteiger partial charge in [0.15, 0.2) is 0 Å². The molecule has 1 aliphatic heterocycles. The molecule has 0 radical (unpaired) electrons. The summed E-state index contributed by atoms with van der Waals surface area (Å²) in [6, 6.07) is 10.8. The molecule has 3 rings (SSSR count). The molecule has 0 bridgehead atoms. The number of halogens is 2. The van der Waals surface area contributed by atoms with E-state index in [9.17, 15) is 14.0 Å². The summed E-state index contributed by atoms with van der Waals surface area (Å²) in [6.07, 6.45) is 1.52. The summed E-state index contributed by atoms with van der Waals surface area (Å²) in [6.45, 7) is 0.175. The number of carbonyl (C=O) groups excluding carboxylic acids is 2. The van der Waals surface area contributed by atoms with E-state index in [2.05, 4.69) is 26.6 Å². The minimum Gasteiger partial charge on any atom is -0.488 e. The first-order chi connectivity index (χ1) is 11.5. The van der Waals surface area contributed by atoms with Gasteiger partial charge in [0, 0.05) is 10.0 Å². The number of carbonyl (C=O) groups is 2. The molecular weight excluding hydrogens is 379 g/mol. The molecule has 5 nitrogen and oxygen atoms in total. The third kappa shape index (κ3) is 3.80. The lowest BCUT2D eigenvalue weighted by atomic mass is 10.1. The van der Waals surface area contributed by atoms with Crippen LogP contribution in [0.15, 0.2) is 52.6 Å². The Bertz CT molecular complexity index is 851. The molecule has 2 N–H and O–H groups in total. The number of hydrogen-bond donors (Lipinski definition) is 2. The van der Waals surface area contributed by atoms with E-state index < -0.39 is 11.9 Å². The first kappa shape index (κ1) is 16.2. The second kappa shape index (κ2) is 6.84. The lowest BCUT2D eigenvalue weighted by molar-refractivity contribution is -0.115. The van der Waals surface area contributed by atoms with Crippen molar-refractivity contribution in [3.05, 3.63) is 69.6 Å². The van der Waals surface area contributed by atoms with Crippen LogP contribution >= 0.6 is 15.9 Å². The van der Waals surface area contributed by atoms with E-state index in [0.717, 1.165) is 4.47 Å². The van der Waals surface area contributed by atoms with Crippen LogP contribution in [0.3, 0.4) is 0 Å². The van der Waals surface area contributed by atoms with E-state index >= 15 is 0 Å². The van der Waals surface area contributed by atoms with Gasteiger partial charge in [0.1, 0.15) is 23.9 Å². The fourth-order valence-corrected chi connectivity index (χ4v) is 2.57. The highest BCUT2D eigenvalue weighted by atomic mass is 79.9. The smallest absolute Gasteiger partial charge is 0.326 e. The Hall–Kier alpha value is -2.67. The van der Waals surface area contributed by atoms with Gasteiger partial charge >= 0.3 is 6.03 Å². The zero-order valence-corrected chi connectivity index (χ0v) is 13.9. The molecule has 1 fully saturated rings. The van der Waals surface area contributed by atoms with Crippen LogP contribution in [0, 0.1) is 5.82 Å². The van der Waals surface area contributed by atoms with Crippen LogP contribution in [0.1, 0.15) is 11.1 Å². The first-order valence-corrected chi connectivity index (χ1v) is 7.81. The molecule has 0 saturated carbocycles. The number of urea groups is 1. The van der Waals surface area contributed by atoms with Gasteiger partial charge in [0.05, 0.1) is 0 Å². The van der Waals surface area contributed by atoms with Gasteiger partial charge in [-0.3, -0.25) is 10.1 Å². The topological polar surface area (TPSA) is 67.4 Å². The van der Waals surface area contributed by atoms with Crippen LogP contribution in [0.25, 0.3) is 6.08 Å². The van der Waals surface area contributed by atoms with Gasteiger partial charge in [-0.05, 0) is 42.0 Å². The predicted molar refractivity (Wildman–Crippen MR) is 89.5 cm³/mol. The molecule has 0 aliphatic carbocycles. The van der Waals surface area contributed by atoms with E-state index in [4.69, 9.17) is 4.74 Å². The summed E-state index contributed by atoms with van der Waals surface area (Å²) in [4.78, 5) is 22.8.